The normalized spacial score (nSPS) is 11.5. The number of hydrogen-bond acceptors (Lipinski definition) is 2. The number of aryl methyl sites for hydroxylation is 3. The van der Waals surface area contributed by atoms with Gasteiger partial charge in [-0.15, -0.1) is 17.7 Å². The molecule has 0 aliphatic carbocycles. The van der Waals surface area contributed by atoms with Crippen LogP contribution >= 0.6 is 11.3 Å². The van der Waals surface area contributed by atoms with E-state index in [0.717, 1.165) is 61.9 Å². The Bertz CT molecular complexity index is 3340. The fourth-order valence-corrected chi connectivity index (χ4v) is 10.1. The Kier molecular flexibility index (Phi) is 9.24. The first-order chi connectivity index (χ1) is 28.5. The number of pyridine rings is 1. The molecule has 0 atom stereocenters. The van der Waals surface area contributed by atoms with Crippen molar-refractivity contribution in [3.05, 3.63) is 199 Å². The molecule has 4 aromatic heterocycles. The van der Waals surface area contributed by atoms with Crippen molar-refractivity contribution in [1.82, 2.24) is 14.1 Å². The molecule has 0 amide bonds. The Labute approximate surface area is 361 Å². The first kappa shape index (κ1) is 36.9. The van der Waals surface area contributed by atoms with E-state index in [1.54, 1.807) is 0 Å². The van der Waals surface area contributed by atoms with Crippen LogP contribution in [0.1, 0.15) is 16.7 Å². The summed E-state index contributed by atoms with van der Waals surface area (Å²) in [5.41, 5.74) is 14.9. The molecule has 0 aliphatic heterocycles. The maximum absolute atomic E-state index is 4.85. The standard InChI is InChI=1S/C53H36N4S.Pt/c1-34-29-35(2)50(36(3)30-34)56-33-55(51(37-17-6-4-7-18-37)52(56)38-19-8-5-9-20-38)39-21-16-22-40(31-39)57-45-26-12-10-23-41(45)48-46(57)32-43(44-25-14-15-28-54-44)53-49(48)42-24-11-13-27-47(42)58-53;/h4-30H,1-3H3;/q-2;. The quantitative estimate of drug-likeness (QED) is 0.120. The van der Waals surface area contributed by atoms with E-state index in [-0.39, 0.29) is 21.1 Å². The monoisotopic (exact) mass is 955 g/mol. The predicted molar refractivity (Wildman–Crippen MR) is 239 cm³/mol. The molecule has 0 saturated carbocycles. The molecule has 4 nitrogen and oxygen atoms in total. The number of fused-ring (bicyclic) bond motifs is 7. The van der Waals surface area contributed by atoms with E-state index in [4.69, 9.17) is 4.98 Å². The smallest absolute Gasteiger partial charge is 0.268 e. The summed E-state index contributed by atoms with van der Waals surface area (Å²) in [4.78, 5) is 4.85. The van der Waals surface area contributed by atoms with Gasteiger partial charge in [-0.1, -0.05) is 143 Å². The molecule has 7 aromatic carbocycles. The minimum atomic E-state index is 0. The van der Waals surface area contributed by atoms with Crippen molar-refractivity contribution in [3.63, 3.8) is 0 Å². The number of imidazole rings is 1. The number of rotatable bonds is 6. The number of benzene rings is 7. The van der Waals surface area contributed by atoms with Gasteiger partial charge in [0.05, 0.1) is 17.1 Å². The van der Waals surface area contributed by atoms with Gasteiger partial charge in [-0.2, -0.15) is 29.5 Å². The van der Waals surface area contributed by atoms with Gasteiger partial charge < -0.3 is 14.1 Å². The second-order valence-electron chi connectivity index (χ2n) is 15.0. The minimum absolute atomic E-state index is 0. The molecule has 286 valence electrons. The average molecular weight is 956 g/mol. The summed E-state index contributed by atoms with van der Waals surface area (Å²) < 4.78 is 9.23. The van der Waals surface area contributed by atoms with E-state index >= 15 is 0 Å². The van der Waals surface area contributed by atoms with E-state index in [9.17, 15) is 0 Å². The molecule has 0 N–H and O–H groups in total. The first-order valence-electron chi connectivity index (χ1n) is 19.6. The van der Waals surface area contributed by atoms with Crippen LogP contribution in [-0.4, -0.2) is 14.1 Å². The molecular weight excluding hydrogens is 920 g/mol. The van der Waals surface area contributed by atoms with Crippen LogP contribution in [0.3, 0.4) is 0 Å². The van der Waals surface area contributed by atoms with Crippen LogP contribution in [0.2, 0.25) is 0 Å². The van der Waals surface area contributed by atoms with Crippen molar-refractivity contribution < 1.29 is 25.6 Å². The van der Waals surface area contributed by atoms with Crippen LogP contribution < -0.4 is 4.57 Å². The molecule has 0 bridgehead atoms. The largest absolute Gasteiger partial charge is 0.352 e. The molecular formula is C53H36N4PtS-2. The van der Waals surface area contributed by atoms with Crippen LogP contribution in [0.25, 0.3) is 92.8 Å². The van der Waals surface area contributed by atoms with Crippen molar-refractivity contribution in [2.24, 2.45) is 0 Å². The molecule has 0 aliphatic rings. The van der Waals surface area contributed by atoms with Crippen LogP contribution in [0.15, 0.2) is 164 Å². The van der Waals surface area contributed by atoms with Gasteiger partial charge in [-0.05, 0) is 93.6 Å². The van der Waals surface area contributed by atoms with Crippen LogP contribution in [0.4, 0.5) is 0 Å². The second kappa shape index (κ2) is 14.8. The third-order valence-electron chi connectivity index (χ3n) is 11.2. The van der Waals surface area contributed by atoms with Crippen LogP contribution in [0.5, 0.6) is 0 Å². The maximum atomic E-state index is 4.85. The number of nitrogens with zero attached hydrogens (tertiary/aromatic N) is 4. The summed E-state index contributed by atoms with van der Waals surface area (Å²) in [6, 6.07) is 63.7. The number of para-hydroxylation sites is 1. The molecule has 11 aromatic rings. The third-order valence-corrected chi connectivity index (χ3v) is 12.4. The van der Waals surface area contributed by atoms with Crippen LogP contribution in [0, 0.1) is 39.2 Å². The second-order valence-corrected chi connectivity index (χ2v) is 16.0. The summed E-state index contributed by atoms with van der Waals surface area (Å²) in [6.45, 7) is 6.56. The first-order valence-corrected chi connectivity index (χ1v) is 20.4. The fourth-order valence-electron chi connectivity index (χ4n) is 8.90. The van der Waals surface area contributed by atoms with Gasteiger partial charge in [0, 0.05) is 37.5 Å². The van der Waals surface area contributed by atoms with Crippen molar-refractivity contribution in [1.29, 1.82) is 0 Å². The SMILES string of the molecule is Cc1cc(C)c(-[n+]2[c-]n(-c3[c-]c(-n4c5[c-]c(-c6ccccn6)c6sc7ccccc7c6c5c5ccccc54)ccc3)c(-c3ccccc3)c2-c2ccccc2)c(C)c1.[Pt]. The third kappa shape index (κ3) is 5.99. The summed E-state index contributed by atoms with van der Waals surface area (Å²) in [6.07, 6.45) is 5.75. The van der Waals surface area contributed by atoms with E-state index in [2.05, 4.69) is 205 Å². The van der Waals surface area contributed by atoms with E-state index in [1.165, 1.54) is 47.6 Å². The molecule has 0 unspecified atom stereocenters. The average Bonchev–Trinajstić information content (AvgIpc) is 3.94. The van der Waals surface area contributed by atoms with Gasteiger partial charge >= 0.3 is 0 Å². The molecule has 11 rings (SSSR count). The predicted octanol–water partition coefficient (Wildman–Crippen LogP) is 12.9. The Morgan fingerprint density at radius 2 is 1.27 bits per heavy atom. The minimum Gasteiger partial charge on any atom is -0.352 e. The Balaban J connectivity index is 0.00000420. The van der Waals surface area contributed by atoms with E-state index < -0.39 is 0 Å². The van der Waals surface area contributed by atoms with Crippen molar-refractivity contribution in [3.8, 4) is 50.8 Å². The number of hydrogen-bond donors (Lipinski definition) is 0. The van der Waals surface area contributed by atoms with Crippen LogP contribution in [-0.2, 0) is 21.1 Å². The zero-order chi connectivity index (χ0) is 38.9. The van der Waals surface area contributed by atoms with Crippen molar-refractivity contribution >= 4 is 53.3 Å². The summed E-state index contributed by atoms with van der Waals surface area (Å²) >= 11 is 1.82. The number of aromatic nitrogens is 4. The summed E-state index contributed by atoms with van der Waals surface area (Å²) in [5, 5.41) is 4.85. The molecule has 0 spiro atoms. The fraction of sp³-hybridized carbons (Fsp3) is 0.0566. The molecule has 0 fully saturated rings. The van der Waals surface area contributed by atoms with Gasteiger partial charge in [-0.3, -0.25) is 4.57 Å². The Hall–Kier alpha value is -6.39. The van der Waals surface area contributed by atoms with Gasteiger partial charge in [0.15, 0.2) is 0 Å². The zero-order valence-electron chi connectivity index (χ0n) is 32.6. The molecule has 0 saturated heterocycles. The Morgan fingerprint density at radius 1 is 0.610 bits per heavy atom. The molecule has 4 heterocycles. The van der Waals surface area contributed by atoms with Gasteiger partial charge in [0.2, 0.25) is 0 Å². The zero-order valence-corrected chi connectivity index (χ0v) is 35.7. The molecule has 6 heteroatoms. The van der Waals surface area contributed by atoms with E-state index in [1.807, 2.05) is 23.6 Å². The van der Waals surface area contributed by atoms with E-state index in [0.29, 0.717) is 0 Å². The Morgan fingerprint density at radius 3 is 2.02 bits per heavy atom. The van der Waals surface area contributed by atoms with Crippen molar-refractivity contribution in [2.45, 2.75) is 20.8 Å². The summed E-state index contributed by atoms with van der Waals surface area (Å²) in [5.74, 6) is 0. The van der Waals surface area contributed by atoms with Crippen molar-refractivity contribution in [2.75, 3.05) is 0 Å². The van der Waals surface area contributed by atoms with Gasteiger partial charge in [0.25, 0.3) is 6.33 Å². The molecule has 59 heavy (non-hydrogen) atoms. The topological polar surface area (TPSA) is 26.6 Å². The van der Waals surface area contributed by atoms with Gasteiger partial charge in [0.1, 0.15) is 0 Å². The van der Waals surface area contributed by atoms with Gasteiger partial charge in [-0.25, -0.2) is 0 Å². The summed E-state index contributed by atoms with van der Waals surface area (Å²) in [7, 11) is 0. The number of thiophene rings is 1. The maximum Gasteiger partial charge on any atom is 0.268 e. The molecule has 0 radical (unpaired) electrons.